The number of benzene rings is 1. The highest BCUT2D eigenvalue weighted by Crippen LogP contribution is 2.13. The zero-order valence-corrected chi connectivity index (χ0v) is 16.8. The highest BCUT2D eigenvalue weighted by atomic mass is 16.6. The summed E-state index contributed by atoms with van der Waals surface area (Å²) in [5.41, 5.74) is -0.340. The first-order valence-electron chi connectivity index (χ1n) is 8.61. The lowest BCUT2D eigenvalue weighted by Crippen LogP contribution is -2.54. The quantitative estimate of drug-likeness (QED) is 0.303. The van der Waals surface area contributed by atoms with Crippen LogP contribution in [0.25, 0.3) is 0 Å². The summed E-state index contributed by atoms with van der Waals surface area (Å²) in [4.78, 5) is 26.5. The molecule has 1 rings (SSSR count). The molecule has 0 atom stereocenters. The van der Waals surface area contributed by atoms with Crippen molar-refractivity contribution >= 4 is 17.7 Å². The van der Waals surface area contributed by atoms with Crippen LogP contribution < -0.4 is 16.0 Å². The molecule has 0 spiro atoms. The average molecular weight is 379 g/mol. The predicted octanol–water partition coefficient (Wildman–Crippen LogP) is 2.56. The number of ether oxygens (including phenoxy) is 1. The van der Waals surface area contributed by atoms with E-state index in [1.54, 1.807) is 40.0 Å². The van der Waals surface area contributed by atoms with Crippen LogP contribution >= 0.6 is 0 Å². The van der Waals surface area contributed by atoms with Crippen molar-refractivity contribution < 1.29 is 14.5 Å². The van der Waals surface area contributed by atoms with Gasteiger partial charge in [0, 0.05) is 32.3 Å². The van der Waals surface area contributed by atoms with Crippen molar-refractivity contribution in [2.75, 3.05) is 13.6 Å². The van der Waals surface area contributed by atoms with Crippen LogP contribution in [-0.2, 0) is 11.3 Å². The van der Waals surface area contributed by atoms with Crippen LogP contribution in [-0.4, -0.2) is 41.7 Å². The molecule has 0 bridgehead atoms. The largest absolute Gasteiger partial charge is 0.444 e. The van der Waals surface area contributed by atoms with E-state index >= 15 is 0 Å². The lowest BCUT2D eigenvalue weighted by molar-refractivity contribution is -0.384. The van der Waals surface area contributed by atoms with Gasteiger partial charge in [-0.2, -0.15) is 0 Å². The molecule has 0 saturated carbocycles. The maximum Gasteiger partial charge on any atom is 0.408 e. The topological polar surface area (TPSA) is 118 Å². The molecule has 0 aromatic heterocycles. The van der Waals surface area contributed by atoms with Crippen molar-refractivity contribution in [3.63, 3.8) is 0 Å². The van der Waals surface area contributed by atoms with Crippen molar-refractivity contribution in [3.05, 3.63) is 39.9 Å². The normalized spacial score (nSPS) is 12.3. The Morgan fingerprint density at radius 2 is 1.89 bits per heavy atom. The molecule has 9 nitrogen and oxygen atoms in total. The molecule has 1 aromatic carbocycles. The van der Waals surface area contributed by atoms with Crippen molar-refractivity contribution in [2.45, 2.75) is 52.3 Å². The minimum Gasteiger partial charge on any atom is -0.444 e. The van der Waals surface area contributed by atoms with Gasteiger partial charge in [-0.25, -0.2) is 4.79 Å². The first-order chi connectivity index (χ1) is 12.4. The highest BCUT2D eigenvalue weighted by molar-refractivity contribution is 5.79. The number of amides is 1. The van der Waals surface area contributed by atoms with Gasteiger partial charge in [-0.3, -0.25) is 15.1 Å². The summed E-state index contributed by atoms with van der Waals surface area (Å²) in [7, 11) is 1.62. The number of nitro benzene ring substituents is 1. The number of guanidine groups is 1. The smallest absolute Gasteiger partial charge is 0.408 e. The van der Waals surface area contributed by atoms with E-state index in [2.05, 4.69) is 20.9 Å². The Morgan fingerprint density at radius 3 is 2.44 bits per heavy atom. The molecular weight excluding hydrogens is 350 g/mol. The summed E-state index contributed by atoms with van der Waals surface area (Å²) < 4.78 is 5.26. The molecule has 3 N–H and O–H groups in total. The maximum atomic E-state index is 11.9. The number of carbonyl (C=O) groups is 1. The molecule has 0 aliphatic rings. The van der Waals surface area contributed by atoms with Crippen LogP contribution in [0.15, 0.2) is 29.3 Å². The monoisotopic (exact) mass is 379 g/mol. The number of non-ortho nitro benzene ring substituents is 1. The summed E-state index contributed by atoms with van der Waals surface area (Å²) in [6.07, 6.45) is -0.492. The van der Waals surface area contributed by atoms with E-state index in [0.717, 1.165) is 5.56 Å². The third kappa shape index (κ3) is 8.89. The van der Waals surface area contributed by atoms with Gasteiger partial charge in [0.1, 0.15) is 5.60 Å². The van der Waals surface area contributed by atoms with Crippen molar-refractivity contribution in [1.29, 1.82) is 0 Å². The van der Waals surface area contributed by atoms with Crippen molar-refractivity contribution in [1.82, 2.24) is 16.0 Å². The van der Waals surface area contributed by atoms with Crippen LogP contribution in [0, 0.1) is 10.1 Å². The highest BCUT2D eigenvalue weighted by Gasteiger charge is 2.24. The molecule has 0 heterocycles. The summed E-state index contributed by atoms with van der Waals surface area (Å²) in [5.74, 6) is 0.514. The molecular formula is C18H29N5O4. The lowest BCUT2D eigenvalue weighted by atomic mass is 10.1. The molecule has 0 aliphatic carbocycles. The summed E-state index contributed by atoms with van der Waals surface area (Å²) in [6.45, 7) is 9.91. The van der Waals surface area contributed by atoms with Gasteiger partial charge in [-0.05, 0) is 40.2 Å². The van der Waals surface area contributed by atoms with E-state index in [4.69, 9.17) is 4.74 Å². The van der Waals surface area contributed by atoms with Gasteiger partial charge in [0.15, 0.2) is 5.96 Å². The van der Waals surface area contributed by atoms with Gasteiger partial charge >= 0.3 is 6.09 Å². The van der Waals surface area contributed by atoms with E-state index in [0.29, 0.717) is 19.0 Å². The molecule has 0 unspecified atom stereocenters. The van der Waals surface area contributed by atoms with Crippen LogP contribution in [0.2, 0.25) is 0 Å². The zero-order valence-electron chi connectivity index (χ0n) is 16.8. The van der Waals surface area contributed by atoms with Crippen LogP contribution in [0.5, 0.6) is 0 Å². The van der Waals surface area contributed by atoms with Crippen LogP contribution in [0.4, 0.5) is 10.5 Å². The van der Waals surface area contributed by atoms with E-state index in [-0.39, 0.29) is 5.69 Å². The Labute approximate surface area is 159 Å². The van der Waals surface area contributed by atoms with Gasteiger partial charge in [0.2, 0.25) is 0 Å². The third-order valence-electron chi connectivity index (χ3n) is 3.34. The van der Waals surface area contributed by atoms with Crippen molar-refractivity contribution in [3.8, 4) is 0 Å². The minimum absolute atomic E-state index is 0.0416. The number of aliphatic imine (C=N–C) groups is 1. The number of nitrogens with one attached hydrogen (secondary N) is 3. The van der Waals surface area contributed by atoms with E-state index in [1.807, 2.05) is 13.8 Å². The standard InChI is InChI=1S/C18H29N5O4/c1-17(2,3)27-16(24)22-18(4,5)12-21-15(19-6)20-11-13-8-7-9-14(10-13)23(25)26/h7-10H,11-12H2,1-6H3,(H,22,24)(H2,19,20,21). The zero-order chi connectivity index (χ0) is 20.7. The first-order valence-corrected chi connectivity index (χ1v) is 8.61. The minimum atomic E-state index is -0.578. The van der Waals surface area contributed by atoms with Crippen LogP contribution in [0.3, 0.4) is 0 Å². The van der Waals surface area contributed by atoms with Gasteiger partial charge in [0.05, 0.1) is 10.5 Å². The summed E-state index contributed by atoms with van der Waals surface area (Å²) in [6, 6.07) is 6.39. The molecule has 1 aromatic rings. The maximum absolute atomic E-state index is 11.9. The Balaban J connectivity index is 2.55. The second kappa shape index (κ2) is 9.20. The number of hydrogen-bond donors (Lipinski definition) is 3. The fourth-order valence-corrected chi connectivity index (χ4v) is 2.12. The van der Waals surface area contributed by atoms with Gasteiger partial charge in [0.25, 0.3) is 5.69 Å². The summed E-state index contributed by atoms with van der Waals surface area (Å²) in [5, 5.41) is 19.9. The summed E-state index contributed by atoms with van der Waals surface area (Å²) >= 11 is 0. The fraction of sp³-hybridized carbons (Fsp3) is 0.556. The lowest BCUT2D eigenvalue weighted by Gasteiger charge is -2.29. The molecule has 27 heavy (non-hydrogen) atoms. The van der Waals surface area contributed by atoms with Gasteiger partial charge in [-0.1, -0.05) is 12.1 Å². The van der Waals surface area contributed by atoms with E-state index < -0.39 is 22.2 Å². The van der Waals surface area contributed by atoms with E-state index in [9.17, 15) is 14.9 Å². The Kier molecular flexibility index (Phi) is 7.56. The number of rotatable bonds is 6. The van der Waals surface area contributed by atoms with Gasteiger partial charge in [-0.15, -0.1) is 0 Å². The molecule has 1 amide bonds. The second-order valence-electron chi connectivity index (χ2n) is 7.72. The molecule has 0 aliphatic heterocycles. The number of carbonyl (C=O) groups excluding carboxylic acids is 1. The van der Waals surface area contributed by atoms with Crippen LogP contribution in [0.1, 0.15) is 40.2 Å². The molecule has 0 fully saturated rings. The van der Waals surface area contributed by atoms with Gasteiger partial charge < -0.3 is 20.7 Å². The number of hydrogen-bond acceptors (Lipinski definition) is 5. The van der Waals surface area contributed by atoms with E-state index in [1.165, 1.54) is 12.1 Å². The molecule has 0 radical (unpaired) electrons. The molecule has 9 heteroatoms. The number of alkyl carbamates (subject to hydrolysis) is 1. The third-order valence-corrected chi connectivity index (χ3v) is 3.34. The first kappa shape index (κ1) is 22.2. The number of nitrogens with zero attached hydrogens (tertiary/aromatic N) is 2. The average Bonchev–Trinajstić information content (AvgIpc) is 2.52. The second-order valence-corrected chi connectivity index (χ2v) is 7.72. The Hall–Kier alpha value is -2.84. The molecule has 150 valence electrons. The predicted molar refractivity (Wildman–Crippen MR) is 105 cm³/mol. The van der Waals surface area contributed by atoms with Crippen molar-refractivity contribution in [2.24, 2.45) is 4.99 Å². The number of nitro groups is 1. The molecule has 0 saturated heterocycles. The Bertz CT molecular complexity index is 695. The Morgan fingerprint density at radius 1 is 1.22 bits per heavy atom. The SMILES string of the molecule is CN=C(NCc1cccc([N+](=O)[O-])c1)NCC(C)(C)NC(=O)OC(C)(C)C. The fourth-order valence-electron chi connectivity index (χ4n) is 2.12.